The number of carbonyl (C=O) groups is 2. The molecular formula is C23H31N5O2. The number of hydrogen-bond donors (Lipinski definition) is 2. The van der Waals surface area contributed by atoms with Crippen LogP contribution in [0.5, 0.6) is 0 Å². The molecule has 0 spiro atoms. The maximum atomic E-state index is 12.9. The number of benzene rings is 1. The van der Waals surface area contributed by atoms with Gasteiger partial charge in [0.25, 0.3) is 5.91 Å². The van der Waals surface area contributed by atoms with Crippen molar-refractivity contribution in [2.24, 2.45) is 0 Å². The van der Waals surface area contributed by atoms with Gasteiger partial charge in [-0.2, -0.15) is 0 Å². The number of rotatable bonds is 3. The number of urea groups is 1. The van der Waals surface area contributed by atoms with Crippen molar-refractivity contribution in [3.63, 3.8) is 0 Å². The van der Waals surface area contributed by atoms with Gasteiger partial charge in [0.2, 0.25) is 0 Å². The molecule has 3 rings (SSSR count). The van der Waals surface area contributed by atoms with Crippen molar-refractivity contribution in [3.8, 4) is 0 Å². The molecule has 0 radical (unpaired) electrons. The van der Waals surface area contributed by atoms with Gasteiger partial charge < -0.3 is 20.4 Å². The number of anilines is 2. The van der Waals surface area contributed by atoms with Crippen LogP contribution in [0.1, 0.15) is 43.1 Å². The Balaban J connectivity index is 1.59. The number of carbonyl (C=O) groups excluding carboxylic acids is 2. The fourth-order valence-corrected chi connectivity index (χ4v) is 3.48. The maximum absolute atomic E-state index is 12.9. The van der Waals surface area contributed by atoms with E-state index in [0.717, 1.165) is 43.0 Å². The predicted octanol–water partition coefficient (Wildman–Crippen LogP) is 3.66. The number of nitrogens with one attached hydrogen (secondary N) is 2. The SMILES string of the molecule is Cc1ccccc1C(=O)N1CCCN(c2ccc(NC(=O)NC(C)(C)C)cn2)CC1. The van der Waals surface area contributed by atoms with E-state index in [9.17, 15) is 9.59 Å². The Hall–Kier alpha value is -3.09. The molecule has 3 amide bonds. The smallest absolute Gasteiger partial charge is 0.319 e. The van der Waals surface area contributed by atoms with Crippen LogP contribution < -0.4 is 15.5 Å². The van der Waals surface area contributed by atoms with Gasteiger partial charge in [-0.05, 0) is 57.9 Å². The minimum atomic E-state index is -0.300. The van der Waals surface area contributed by atoms with Crippen LogP contribution in [-0.4, -0.2) is 53.5 Å². The van der Waals surface area contributed by atoms with Crippen LogP contribution in [0.3, 0.4) is 0 Å². The predicted molar refractivity (Wildman–Crippen MR) is 120 cm³/mol. The zero-order valence-corrected chi connectivity index (χ0v) is 18.2. The largest absolute Gasteiger partial charge is 0.355 e. The summed E-state index contributed by atoms with van der Waals surface area (Å²) >= 11 is 0. The Morgan fingerprint density at radius 3 is 2.43 bits per heavy atom. The van der Waals surface area contributed by atoms with Crippen LogP contribution in [-0.2, 0) is 0 Å². The third-order valence-corrected chi connectivity index (χ3v) is 4.98. The Morgan fingerprint density at radius 2 is 1.77 bits per heavy atom. The first-order chi connectivity index (χ1) is 14.2. The molecule has 7 nitrogen and oxygen atoms in total. The molecule has 0 aliphatic carbocycles. The lowest BCUT2D eigenvalue weighted by atomic mass is 10.1. The molecule has 1 aliphatic heterocycles. The van der Waals surface area contributed by atoms with Gasteiger partial charge >= 0.3 is 6.03 Å². The molecule has 1 saturated heterocycles. The lowest BCUT2D eigenvalue weighted by Crippen LogP contribution is -2.43. The third-order valence-electron chi connectivity index (χ3n) is 4.98. The summed E-state index contributed by atoms with van der Waals surface area (Å²) in [5.74, 6) is 0.939. The molecule has 0 atom stereocenters. The highest BCUT2D eigenvalue weighted by Gasteiger charge is 2.22. The van der Waals surface area contributed by atoms with Gasteiger partial charge in [-0.15, -0.1) is 0 Å². The van der Waals surface area contributed by atoms with Crippen LogP contribution in [0.2, 0.25) is 0 Å². The first kappa shape index (κ1) is 21.6. The van der Waals surface area contributed by atoms with Gasteiger partial charge in [0.1, 0.15) is 5.82 Å². The summed E-state index contributed by atoms with van der Waals surface area (Å²) in [6.45, 7) is 10.7. The van der Waals surface area contributed by atoms with Crippen molar-refractivity contribution in [2.45, 2.75) is 39.7 Å². The van der Waals surface area contributed by atoms with Gasteiger partial charge in [0.15, 0.2) is 0 Å². The fraction of sp³-hybridized carbons (Fsp3) is 0.435. The van der Waals surface area contributed by atoms with Crippen molar-refractivity contribution in [2.75, 3.05) is 36.4 Å². The van der Waals surface area contributed by atoms with Crippen molar-refractivity contribution >= 4 is 23.4 Å². The second-order valence-corrected chi connectivity index (χ2v) is 8.68. The zero-order valence-electron chi connectivity index (χ0n) is 18.2. The standard InChI is InChI=1S/C23H31N5O2/c1-17-8-5-6-9-19(17)21(29)28-13-7-12-27(14-15-28)20-11-10-18(16-24-20)25-22(30)26-23(2,3)4/h5-6,8-11,16H,7,12-15H2,1-4H3,(H2,25,26,30). The van der Waals surface area contributed by atoms with E-state index in [1.54, 1.807) is 6.20 Å². The van der Waals surface area contributed by atoms with E-state index < -0.39 is 0 Å². The first-order valence-corrected chi connectivity index (χ1v) is 10.4. The van der Waals surface area contributed by atoms with E-state index in [0.29, 0.717) is 12.2 Å². The Labute approximate surface area is 178 Å². The van der Waals surface area contributed by atoms with E-state index in [2.05, 4.69) is 20.5 Å². The van der Waals surface area contributed by atoms with Gasteiger partial charge in [0.05, 0.1) is 11.9 Å². The molecule has 2 N–H and O–H groups in total. The highest BCUT2D eigenvalue weighted by atomic mass is 16.2. The molecule has 160 valence electrons. The van der Waals surface area contributed by atoms with Crippen molar-refractivity contribution in [1.29, 1.82) is 0 Å². The molecule has 0 unspecified atom stereocenters. The van der Waals surface area contributed by atoms with E-state index in [1.165, 1.54) is 0 Å². The molecular weight excluding hydrogens is 378 g/mol. The van der Waals surface area contributed by atoms with Crippen LogP contribution >= 0.6 is 0 Å². The summed E-state index contributed by atoms with van der Waals surface area (Å²) in [6, 6.07) is 11.2. The molecule has 0 saturated carbocycles. The number of amides is 3. The first-order valence-electron chi connectivity index (χ1n) is 10.4. The molecule has 1 aromatic carbocycles. The lowest BCUT2D eigenvalue weighted by molar-refractivity contribution is 0.0766. The fourth-order valence-electron chi connectivity index (χ4n) is 3.48. The second kappa shape index (κ2) is 9.15. The minimum absolute atomic E-state index is 0.0901. The van der Waals surface area contributed by atoms with Crippen molar-refractivity contribution in [3.05, 3.63) is 53.7 Å². The highest BCUT2D eigenvalue weighted by Crippen LogP contribution is 2.18. The molecule has 2 aromatic rings. The normalized spacial score (nSPS) is 14.8. The van der Waals surface area contributed by atoms with Gasteiger partial charge in [0, 0.05) is 37.3 Å². The average Bonchev–Trinajstić information content (AvgIpc) is 2.93. The summed E-state index contributed by atoms with van der Waals surface area (Å²) < 4.78 is 0. The average molecular weight is 410 g/mol. The minimum Gasteiger partial charge on any atom is -0.355 e. The van der Waals surface area contributed by atoms with Crippen LogP contribution in [0.25, 0.3) is 0 Å². The maximum Gasteiger partial charge on any atom is 0.319 e. The monoisotopic (exact) mass is 409 g/mol. The summed E-state index contributed by atoms with van der Waals surface area (Å²) in [5, 5.41) is 5.66. The summed E-state index contributed by atoms with van der Waals surface area (Å²) in [6.07, 6.45) is 2.55. The van der Waals surface area contributed by atoms with Gasteiger partial charge in [-0.3, -0.25) is 4.79 Å². The number of hydrogen-bond acceptors (Lipinski definition) is 4. The van der Waals surface area contributed by atoms with E-state index in [1.807, 2.05) is 69.0 Å². The summed E-state index contributed by atoms with van der Waals surface area (Å²) in [4.78, 5) is 33.5. The molecule has 30 heavy (non-hydrogen) atoms. The number of aryl methyl sites for hydroxylation is 1. The van der Waals surface area contributed by atoms with Crippen LogP contribution in [0.4, 0.5) is 16.3 Å². The summed E-state index contributed by atoms with van der Waals surface area (Å²) in [5.41, 5.74) is 2.12. The number of nitrogens with zero attached hydrogens (tertiary/aromatic N) is 3. The Morgan fingerprint density at radius 1 is 1.00 bits per heavy atom. The van der Waals surface area contributed by atoms with E-state index in [-0.39, 0.29) is 17.5 Å². The second-order valence-electron chi connectivity index (χ2n) is 8.68. The van der Waals surface area contributed by atoms with E-state index >= 15 is 0 Å². The molecule has 1 aliphatic rings. The molecule has 2 heterocycles. The molecule has 1 aromatic heterocycles. The van der Waals surface area contributed by atoms with Gasteiger partial charge in [-0.1, -0.05) is 18.2 Å². The van der Waals surface area contributed by atoms with Crippen LogP contribution in [0.15, 0.2) is 42.6 Å². The number of pyridine rings is 1. The Bertz CT molecular complexity index is 889. The van der Waals surface area contributed by atoms with Crippen molar-refractivity contribution < 1.29 is 9.59 Å². The highest BCUT2D eigenvalue weighted by molar-refractivity contribution is 5.95. The molecule has 0 bridgehead atoms. The Kier molecular flexibility index (Phi) is 6.59. The molecule has 7 heteroatoms. The summed E-state index contributed by atoms with van der Waals surface area (Å²) in [7, 11) is 0. The van der Waals surface area contributed by atoms with Gasteiger partial charge in [-0.25, -0.2) is 9.78 Å². The topological polar surface area (TPSA) is 77.6 Å². The van der Waals surface area contributed by atoms with Crippen LogP contribution in [0, 0.1) is 6.92 Å². The quantitative estimate of drug-likeness (QED) is 0.811. The molecule has 1 fully saturated rings. The lowest BCUT2D eigenvalue weighted by Gasteiger charge is -2.24. The number of aromatic nitrogens is 1. The van der Waals surface area contributed by atoms with E-state index in [4.69, 9.17) is 0 Å². The third kappa shape index (κ3) is 5.72. The van der Waals surface area contributed by atoms with Crippen molar-refractivity contribution in [1.82, 2.24) is 15.2 Å². The zero-order chi connectivity index (χ0) is 21.7.